The van der Waals surface area contributed by atoms with E-state index in [4.69, 9.17) is 0 Å². The highest BCUT2D eigenvalue weighted by atomic mass is 19.1. The van der Waals surface area contributed by atoms with Crippen LogP contribution in [0.3, 0.4) is 0 Å². The third-order valence-corrected chi connectivity index (χ3v) is 2.23. The highest BCUT2D eigenvalue weighted by molar-refractivity contribution is 4.60. The molecule has 0 amide bonds. The van der Waals surface area contributed by atoms with E-state index in [0.29, 0.717) is 6.42 Å². The lowest BCUT2D eigenvalue weighted by Crippen LogP contribution is -2.07. The first-order valence-electron chi connectivity index (χ1n) is 5.06. The van der Waals surface area contributed by atoms with Gasteiger partial charge in [-0.05, 0) is 26.2 Å². The minimum absolute atomic E-state index is 0.604. The topological polar surface area (TPSA) is 0 Å². The zero-order chi connectivity index (χ0) is 10.2. The van der Waals surface area contributed by atoms with Gasteiger partial charge < -0.3 is 0 Å². The van der Waals surface area contributed by atoms with E-state index in [1.165, 1.54) is 12.8 Å². The molecule has 1 heteroatoms. The van der Waals surface area contributed by atoms with Crippen molar-refractivity contribution < 1.29 is 4.39 Å². The molecule has 0 radical (unpaired) electrons. The van der Waals surface area contributed by atoms with Crippen molar-refractivity contribution in [3.05, 3.63) is 0 Å². The van der Waals surface area contributed by atoms with Gasteiger partial charge in [0.25, 0.3) is 0 Å². The molecular weight excluding hydrogens is 151 g/mol. The zero-order valence-electron chi connectivity index (χ0n) is 9.58. The Morgan fingerprint density at radius 2 is 1.33 bits per heavy atom. The molecule has 0 aliphatic carbocycles. The molecule has 76 valence electrons. The maximum absolute atomic E-state index is 12.1. The zero-order valence-corrected chi connectivity index (χ0v) is 9.58. The van der Waals surface area contributed by atoms with Gasteiger partial charge in [0.1, 0.15) is 5.67 Å². The molecule has 0 atom stereocenters. The molecular formula is C11H25F. The molecule has 0 saturated heterocycles. The Balaban J connectivity index is 0. The molecule has 0 aromatic rings. The molecule has 0 rings (SSSR count). The van der Waals surface area contributed by atoms with Crippen molar-refractivity contribution in [2.45, 2.75) is 66.5 Å². The fourth-order valence-corrected chi connectivity index (χ4v) is 0.289. The van der Waals surface area contributed by atoms with Crippen LogP contribution in [0, 0.1) is 5.92 Å². The summed E-state index contributed by atoms with van der Waals surface area (Å²) in [6.07, 6.45) is 3.26. The minimum Gasteiger partial charge on any atom is -0.245 e. The summed E-state index contributed by atoms with van der Waals surface area (Å²) in [5, 5.41) is 0. The number of rotatable bonds is 3. The number of alkyl halides is 1. The van der Waals surface area contributed by atoms with E-state index in [1.807, 2.05) is 6.92 Å². The van der Waals surface area contributed by atoms with E-state index < -0.39 is 5.67 Å². The molecule has 0 fully saturated rings. The first-order chi connectivity index (χ1) is 5.37. The maximum atomic E-state index is 12.1. The van der Waals surface area contributed by atoms with Crippen molar-refractivity contribution in [2.75, 3.05) is 0 Å². The van der Waals surface area contributed by atoms with Crippen LogP contribution in [0.5, 0.6) is 0 Å². The van der Waals surface area contributed by atoms with Crippen LogP contribution in [-0.4, -0.2) is 5.67 Å². The van der Waals surface area contributed by atoms with Crippen LogP contribution in [0.15, 0.2) is 0 Å². The molecule has 0 bridgehead atoms. The highest BCUT2D eigenvalue weighted by Gasteiger charge is 2.09. The van der Waals surface area contributed by atoms with Crippen LogP contribution >= 0.6 is 0 Å². The van der Waals surface area contributed by atoms with Gasteiger partial charge in [0, 0.05) is 0 Å². The third-order valence-electron chi connectivity index (χ3n) is 2.23. The van der Waals surface area contributed by atoms with E-state index in [0.717, 1.165) is 5.92 Å². The average Bonchev–Trinajstić information content (AvgIpc) is 2.03. The first kappa shape index (κ1) is 14.5. The molecule has 0 N–H and O–H groups in total. The molecule has 0 aliphatic heterocycles. The third kappa shape index (κ3) is 16.5. The van der Waals surface area contributed by atoms with Gasteiger partial charge in [-0.2, -0.15) is 0 Å². The Morgan fingerprint density at radius 3 is 1.33 bits per heavy atom. The van der Waals surface area contributed by atoms with Crippen molar-refractivity contribution in [3.8, 4) is 0 Å². The van der Waals surface area contributed by atoms with Crippen molar-refractivity contribution in [2.24, 2.45) is 5.92 Å². The van der Waals surface area contributed by atoms with Gasteiger partial charge >= 0.3 is 0 Å². The molecule has 0 unspecified atom stereocenters. The second-order valence-electron chi connectivity index (χ2n) is 3.99. The first-order valence-corrected chi connectivity index (χ1v) is 5.06. The molecule has 0 aliphatic rings. The monoisotopic (exact) mass is 176 g/mol. The van der Waals surface area contributed by atoms with E-state index in [9.17, 15) is 4.39 Å². The van der Waals surface area contributed by atoms with Gasteiger partial charge in [0.15, 0.2) is 0 Å². The van der Waals surface area contributed by atoms with Gasteiger partial charge in [-0.15, -0.1) is 0 Å². The Kier molecular flexibility index (Phi) is 9.12. The van der Waals surface area contributed by atoms with Crippen molar-refractivity contribution in [1.29, 1.82) is 0 Å². The minimum atomic E-state index is -0.958. The summed E-state index contributed by atoms with van der Waals surface area (Å²) in [5.41, 5.74) is -0.958. The quantitative estimate of drug-likeness (QED) is 0.590. The van der Waals surface area contributed by atoms with Gasteiger partial charge in [0.2, 0.25) is 0 Å². The molecule has 0 spiro atoms. The molecule has 0 saturated carbocycles. The number of hydrogen-bond donors (Lipinski definition) is 0. The van der Waals surface area contributed by atoms with Crippen molar-refractivity contribution in [1.82, 2.24) is 0 Å². The van der Waals surface area contributed by atoms with Gasteiger partial charge in [-0.1, -0.05) is 40.5 Å². The van der Waals surface area contributed by atoms with Gasteiger partial charge in [-0.3, -0.25) is 0 Å². The summed E-state index contributed by atoms with van der Waals surface area (Å²) in [7, 11) is 0. The highest BCUT2D eigenvalue weighted by Crippen LogP contribution is 2.10. The summed E-state index contributed by atoms with van der Waals surface area (Å²) >= 11 is 0. The Labute approximate surface area is 77.6 Å². The Hall–Kier alpha value is -0.0700. The molecule has 12 heavy (non-hydrogen) atoms. The lowest BCUT2D eigenvalue weighted by molar-refractivity contribution is 0.210. The second kappa shape index (κ2) is 7.57. The van der Waals surface area contributed by atoms with Crippen LogP contribution < -0.4 is 0 Å². The Morgan fingerprint density at radius 1 is 1.08 bits per heavy atom. The fourth-order valence-electron chi connectivity index (χ4n) is 0.289. The van der Waals surface area contributed by atoms with Crippen LogP contribution in [0.4, 0.5) is 4.39 Å². The largest absolute Gasteiger partial charge is 0.245 e. The Bertz CT molecular complexity index is 77.5. The molecule has 0 heterocycles. The molecule has 0 aromatic heterocycles. The van der Waals surface area contributed by atoms with E-state index in [-0.39, 0.29) is 0 Å². The van der Waals surface area contributed by atoms with Crippen LogP contribution in [0.25, 0.3) is 0 Å². The van der Waals surface area contributed by atoms with Crippen LogP contribution in [0.1, 0.15) is 60.8 Å². The summed E-state index contributed by atoms with van der Waals surface area (Å²) in [6.45, 7) is 11.7. The predicted octanol–water partition coefficient (Wildman–Crippen LogP) is 4.59. The number of hydrogen-bond acceptors (Lipinski definition) is 0. The van der Waals surface area contributed by atoms with E-state index in [2.05, 4.69) is 20.8 Å². The van der Waals surface area contributed by atoms with Crippen molar-refractivity contribution in [3.63, 3.8) is 0 Å². The van der Waals surface area contributed by atoms with E-state index in [1.54, 1.807) is 13.8 Å². The van der Waals surface area contributed by atoms with Crippen LogP contribution in [0.2, 0.25) is 0 Å². The summed E-state index contributed by atoms with van der Waals surface area (Å²) in [6, 6.07) is 0. The lowest BCUT2D eigenvalue weighted by atomic mass is 10.1. The van der Waals surface area contributed by atoms with Gasteiger partial charge in [-0.25, -0.2) is 4.39 Å². The fraction of sp³-hybridized carbons (Fsp3) is 1.00. The van der Waals surface area contributed by atoms with Crippen molar-refractivity contribution >= 4 is 0 Å². The maximum Gasteiger partial charge on any atom is 0.105 e. The molecule has 0 nitrogen and oxygen atoms in total. The number of halogens is 1. The summed E-state index contributed by atoms with van der Waals surface area (Å²) in [4.78, 5) is 0. The SMILES string of the molecule is CCC(C)(C)F.CCC(C)CC. The lowest BCUT2D eigenvalue weighted by Gasteiger charge is -2.07. The second-order valence-corrected chi connectivity index (χ2v) is 3.99. The summed E-state index contributed by atoms with van der Waals surface area (Å²) < 4.78 is 12.1. The van der Waals surface area contributed by atoms with E-state index >= 15 is 0 Å². The molecule has 0 aromatic carbocycles. The van der Waals surface area contributed by atoms with Crippen LogP contribution in [-0.2, 0) is 0 Å². The average molecular weight is 176 g/mol. The van der Waals surface area contributed by atoms with Gasteiger partial charge in [0.05, 0.1) is 0 Å². The predicted molar refractivity (Wildman–Crippen MR) is 55.2 cm³/mol. The smallest absolute Gasteiger partial charge is 0.105 e. The summed E-state index contributed by atoms with van der Waals surface area (Å²) in [5.74, 6) is 0.935. The standard InChI is InChI=1S/C6H14.C5H11F/c1-4-6(3)5-2;1-4-5(2,3)6/h6H,4-5H2,1-3H3;4H2,1-3H3. The normalized spacial score (nSPS) is 11.0.